The molecule has 1 aromatic rings. The third kappa shape index (κ3) is 2.60. The second-order valence-electron chi connectivity index (χ2n) is 7.41. The van der Waals surface area contributed by atoms with Gasteiger partial charge in [0.1, 0.15) is 23.5 Å². The monoisotopic (exact) mass is 346 g/mol. The number of rotatable bonds is 4. The van der Waals surface area contributed by atoms with Crippen molar-refractivity contribution in [2.45, 2.75) is 51.1 Å². The van der Waals surface area contributed by atoms with Gasteiger partial charge >= 0.3 is 6.03 Å². The predicted molar refractivity (Wildman–Crippen MR) is 86.3 cm³/mol. The molecule has 4 rings (SSSR count). The highest BCUT2D eigenvalue weighted by Crippen LogP contribution is 2.42. The number of imide groups is 1. The number of amides is 4. The fourth-order valence-electron chi connectivity index (χ4n) is 3.94. The quantitative estimate of drug-likeness (QED) is 0.831. The number of nitrogens with zero attached hydrogens (tertiary/aromatic N) is 3. The van der Waals surface area contributed by atoms with Crippen molar-refractivity contribution in [3.8, 4) is 0 Å². The van der Waals surface area contributed by atoms with Crippen LogP contribution in [0.25, 0.3) is 0 Å². The highest BCUT2D eigenvalue weighted by molar-refractivity contribution is 6.09. The number of hydrogen-bond acceptors (Lipinski definition) is 5. The molecule has 2 aliphatic heterocycles. The van der Waals surface area contributed by atoms with Gasteiger partial charge in [-0.15, -0.1) is 0 Å². The Kier molecular flexibility index (Phi) is 3.59. The van der Waals surface area contributed by atoms with Gasteiger partial charge in [-0.2, -0.15) is 0 Å². The first-order chi connectivity index (χ1) is 11.9. The van der Waals surface area contributed by atoms with Crippen LogP contribution in [0.5, 0.6) is 0 Å². The third-order valence-electron chi connectivity index (χ3n) is 5.55. The van der Waals surface area contributed by atoms with Gasteiger partial charge in [-0.1, -0.05) is 5.16 Å². The molecule has 2 saturated heterocycles. The van der Waals surface area contributed by atoms with E-state index in [1.165, 1.54) is 0 Å². The summed E-state index contributed by atoms with van der Waals surface area (Å²) < 4.78 is 5.12. The molecule has 1 saturated carbocycles. The topological polar surface area (TPSA) is 95.8 Å². The zero-order chi connectivity index (χ0) is 17.8. The summed E-state index contributed by atoms with van der Waals surface area (Å²) >= 11 is 0. The maximum Gasteiger partial charge on any atom is 0.325 e. The fraction of sp³-hybridized carbons (Fsp3) is 0.647. The Morgan fingerprint density at radius 1 is 1.40 bits per heavy atom. The minimum Gasteiger partial charge on any atom is -0.361 e. The van der Waals surface area contributed by atoms with Crippen LogP contribution in [-0.2, 0) is 9.59 Å². The maximum atomic E-state index is 12.8. The molecule has 3 aliphatic rings. The number of nitrogens with one attached hydrogen (secondary N) is 1. The standard InChI is InChI=1S/C17H22N4O4/c1-10-8-12(19-25-10)13-4-3-7-20(13)14(22)9-21-15(23)17(2,11-5-6-11)18-16(21)24/h8,11,13H,3-7,9H2,1-2H3,(H,18,24)/t13-,17-/m0/s1. The number of aryl methyl sites for hydroxylation is 1. The van der Waals surface area contributed by atoms with E-state index in [9.17, 15) is 14.4 Å². The first-order valence-corrected chi connectivity index (χ1v) is 8.77. The molecule has 0 radical (unpaired) electrons. The van der Waals surface area contributed by atoms with Gasteiger partial charge in [0.25, 0.3) is 5.91 Å². The van der Waals surface area contributed by atoms with Crippen LogP contribution < -0.4 is 5.32 Å². The lowest BCUT2D eigenvalue weighted by Crippen LogP contribution is -2.47. The van der Waals surface area contributed by atoms with Gasteiger partial charge in [-0.3, -0.25) is 14.5 Å². The highest BCUT2D eigenvalue weighted by Gasteiger charge is 2.56. The summed E-state index contributed by atoms with van der Waals surface area (Å²) in [5.41, 5.74) is -0.131. The summed E-state index contributed by atoms with van der Waals surface area (Å²) in [6.45, 7) is 3.94. The molecule has 25 heavy (non-hydrogen) atoms. The van der Waals surface area contributed by atoms with Gasteiger partial charge in [0.2, 0.25) is 5.91 Å². The van der Waals surface area contributed by atoms with Crippen molar-refractivity contribution in [2.75, 3.05) is 13.1 Å². The zero-order valence-electron chi connectivity index (χ0n) is 14.4. The van der Waals surface area contributed by atoms with Crippen LogP contribution in [-0.4, -0.2) is 51.4 Å². The van der Waals surface area contributed by atoms with E-state index in [-0.39, 0.29) is 30.3 Å². The van der Waals surface area contributed by atoms with Crippen LogP contribution in [0.4, 0.5) is 4.79 Å². The summed E-state index contributed by atoms with van der Waals surface area (Å²) in [7, 11) is 0. The van der Waals surface area contributed by atoms with E-state index in [1.54, 1.807) is 11.8 Å². The molecule has 3 heterocycles. The van der Waals surface area contributed by atoms with Gasteiger partial charge < -0.3 is 14.7 Å². The molecule has 0 bridgehead atoms. The van der Waals surface area contributed by atoms with E-state index < -0.39 is 11.6 Å². The van der Waals surface area contributed by atoms with Gasteiger partial charge in [0, 0.05) is 12.6 Å². The molecule has 1 aliphatic carbocycles. The Morgan fingerprint density at radius 3 is 2.80 bits per heavy atom. The normalized spacial score (nSPS) is 29.4. The summed E-state index contributed by atoms with van der Waals surface area (Å²) in [4.78, 5) is 40.4. The number of aromatic nitrogens is 1. The smallest absolute Gasteiger partial charge is 0.325 e. The average molecular weight is 346 g/mol. The van der Waals surface area contributed by atoms with Crippen molar-refractivity contribution in [3.63, 3.8) is 0 Å². The number of carbonyl (C=O) groups is 3. The number of likely N-dealkylation sites (tertiary alicyclic amines) is 1. The summed E-state index contributed by atoms with van der Waals surface area (Å²) in [6, 6.07) is 1.20. The molecule has 2 atom stereocenters. The minimum absolute atomic E-state index is 0.152. The minimum atomic E-state index is -0.856. The molecule has 8 nitrogen and oxygen atoms in total. The molecular formula is C17H22N4O4. The van der Waals surface area contributed by atoms with Crippen LogP contribution in [0.15, 0.2) is 10.6 Å². The molecule has 134 valence electrons. The van der Waals surface area contributed by atoms with E-state index >= 15 is 0 Å². The van der Waals surface area contributed by atoms with Crippen LogP contribution in [0.1, 0.15) is 50.1 Å². The highest BCUT2D eigenvalue weighted by atomic mass is 16.5. The van der Waals surface area contributed by atoms with Crippen molar-refractivity contribution in [3.05, 3.63) is 17.5 Å². The summed E-state index contributed by atoms with van der Waals surface area (Å²) in [6.07, 6.45) is 3.54. The molecule has 1 N–H and O–H groups in total. The van der Waals surface area contributed by atoms with Crippen molar-refractivity contribution < 1.29 is 18.9 Å². The molecule has 0 aromatic carbocycles. The number of carbonyl (C=O) groups excluding carboxylic acids is 3. The van der Waals surface area contributed by atoms with Gasteiger partial charge in [-0.25, -0.2) is 4.79 Å². The molecule has 0 unspecified atom stereocenters. The maximum absolute atomic E-state index is 12.8. The Hall–Kier alpha value is -2.38. The second kappa shape index (κ2) is 5.57. The average Bonchev–Trinajstić information content (AvgIpc) is 3.10. The number of urea groups is 1. The Balaban J connectivity index is 1.48. The Bertz CT molecular complexity index is 741. The zero-order valence-corrected chi connectivity index (χ0v) is 14.4. The lowest BCUT2D eigenvalue weighted by atomic mass is 9.96. The van der Waals surface area contributed by atoms with Gasteiger partial charge in [0.05, 0.1) is 6.04 Å². The second-order valence-corrected chi connectivity index (χ2v) is 7.41. The summed E-state index contributed by atoms with van der Waals surface area (Å²) in [5.74, 6) is 0.360. The third-order valence-corrected chi connectivity index (χ3v) is 5.55. The van der Waals surface area contributed by atoms with Crippen LogP contribution >= 0.6 is 0 Å². The lowest BCUT2D eigenvalue weighted by Gasteiger charge is -2.25. The Morgan fingerprint density at radius 2 is 2.16 bits per heavy atom. The van der Waals surface area contributed by atoms with Crippen molar-refractivity contribution in [2.24, 2.45) is 5.92 Å². The lowest BCUT2D eigenvalue weighted by molar-refractivity contribution is -0.139. The largest absolute Gasteiger partial charge is 0.361 e. The van der Waals surface area contributed by atoms with Crippen LogP contribution in [0.3, 0.4) is 0 Å². The SMILES string of the molecule is Cc1cc([C@@H]2CCCN2C(=O)CN2C(=O)N[C@@](C)(C3CC3)C2=O)no1. The van der Waals surface area contributed by atoms with E-state index in [0.29, 0.717) is 12.3 Å². The first-order valence-electron chi connectivity index (χ1n) is 8.77. The van der Waals surface area contributed by atoms with Crippen LogP contribution in [0.2, 0.25) is 0 Å². The van der Waals surface area contributed by atoms with Crippen molar-refractivity contribution >= 4 is 17.8 Å². The molecule has 1 aromatic heterocycles. The molecule has 0 spiro atoms. The van der Waals surface area contributed by atoms with Crippen molar-refractivity contribution in [1.82, 2.24) is 20.3 Å². The van der Waals surface area contributed by atoms with E-state index in [2.05, 4.69) is 10.5 Å². The molecule has 8 heteroatoms. The van der Waals surface area contributed by atoms with Gasteiger partial charge in [0.15, 0.2) is 0 Å². The summed E-state index contributed by atoms with van der Waals surface area (Å²) in [5, 5.41) is 6.79. The van der Waals surface area contributed by atoms with E-state index in [1.807, 2.05) is 13.0 Å². The number of hydrogen-bond donors (Lipinski definition) is 1. The van der Waals surface area contributed by atoms with Gasteiger partial charge in [-0.05, 0) is 45.4 Å². The van der Waals surface area contributed by atoms with E-state index in [0.717, 1.165) is 36.3 Å². The predicted octanol–water partition coefficient (Wildman–Crippen LogP) is 1.37. The molecule has 3 fully saturated rings. The van der Waals surface area contributed by atoms with Crippen molar-refractivity contribution in [1.29, 1.82) is 0 Å². The van der Waals surface area contributed by atoms with E-state index in [4.69, 9.17) is 4.52 Å². The molecular weight excluding hydrogens is 324 g/mol. The Labute approximate surface area is 145 Å². The molecule has 4 amide bonds. The fourth-order valence-corrected chi connectivity index (χ4v) is 3.94. The van der Waals surface area contributed by atoms with Crippen LogP contribution in [0, 0.1) is 12.8 Å². The first kappa shape index (κ1) is 16.1.